The molecule has 0 radical (unpaired) electrons. The number of nitrogens with two attached hydrogens (primary N) is 1. The van der Waals surface area contributed by atoms with Crippen LogP contribution in [0, 0.1) is 0 Å². The third-order valence-electron chi connectivity index (χ3n) is 2.26. The number of sulfonamides is 1. The normalized spacial score (nSPS) is 11.5. The van der Waals surface area contributed by atoms with E-state index in [1.54, 1.807) is 0 Å². The van der Waals surface area contributed by atoms with Gasteiger partial charge in [-0.2, -0.15) is 0 Å². The number of hydrogen-bond donors (Lipinski definition) is 2. The number of nitrogens with zero attached hydrogens (tertiary/aromatic N) is 2. The molecule has 2 aromatic rings. The number of nitrogens with one attached hydrogen (secondary N) is 1. The molecule has 19 heavy (non-hydrogen) atoms. The highest BCUT2D eigenvalue weighted by Gasteiger charge is 2.20. The van der Waals surface area contributed by atoms with Gasteiger partial charge in [-0.25, -0.2) is 8.42 Å². The summed E-state index contributed by atoms with van der Waals surface area (Å²) in [6.07, 6.45) is 0.693. The van der Waals surface area contributed by atoms with Crippen molar-refractivity contribution in [3.63, 3.8) is 0 Å². The van der Waals surface area contributed by atoms with Crippen LogP contribution in [0.1, 0.15) is 11.9 Å². The van der Waals surface area contributed by atoms with E-state index in [0.717, 1.165) is 5.01 Å². The van der Waals surface area contributed by atoms with E-state index < -0.39 is 10.0 Å². The summed E-state index contributed by atoms with van der Waals surface area (Å²) < 4.78 is 26.7. The predicted octanol–water partition coefficient (Wildman–Crippen LogP) is 2.14. The van der Waals surface area contributed by atoms with Crippen LogP contribution in [0.3, 0.4) is 0 Å². The van der Waals surface area contributed by atoms with Gasteiger partial charge >= 0.3 is 0 Å². The lowest BCUT2D eigenvalue weighted by atomic mass is 10.3. The van der Waals surface area contributed by atoms with Gasteiger partial charge in [-0.05, 0) is 24.6 Å². The first-order valence-electron chi connectivity index (χ1n) is 5.32. The van der Waals surface area contributed by atoms with Gasteiger partial charge in [0.15, 0.2) is 0 Å². The van der Waals surface area contributed by atoms with Crippen LogP contribution in [0.2, 0.25) is 5.02 Å². The zero-order valence-electron chi connectivity index (χ0n) is 9.92. The molecule has 0 aliphatic heterocycles. The third-order valence-corrected chi connectivity index (χ3v) is 5.00. The van der Waals surface area contributed by atoms with Gasteiger partial charge in [0.2, 0.25) is 5.13 Å². The molecule has 0 saturated carbocycles. The first-order chi connectivity index (χ1) is 8.92. The molecule has 6 nitrogen and oxygen atoms in total. The van der Waals surface area contributed by atoms with Gasteiger partial charge in [0, 0.05) is 5.02 Å². The van der Waals surface area contributed by atoms with Crippen LogP contribution >= 0.6 is 22.9 Å². The van der Waals surface area contributed by atoms with Gasteiger partial charge in [0.25, 0.3) is 10.0 Å². The summed E-state index contributed by atoms with van der Waals surface area (Å²) in [4.78, 5) is -0.0757. The van der Waals surface area contributed by atoms with Crippen LogP contribution in [0.25, 0.3) is 0 Å². The van der Waals surface area contributed by atoms with E-state index in [2.05, 4.69) is 14.9 Å². The molecule has 0 aliphatic rings. The predicted molar refractivity (Wildman–Crippen MR) is 76.0 cm³/mol. The molecule has 9 heteroatoms. The van der Waals surface area contributed by atoms with Crippen molar-refractivity contribution < 1.29 is 8.42 Å². The fourth-order valence-electron chi connectivity index (χ4n) is 1.35. The number of aromatic nitrogens is 2. The minimum atomic E-state index is -3.81. The Balaban J connectivity index is 2.34. The Kier molecular flexibility index (Phi) is 3.93. The van der Waals surface area contributed by atoms with Crippen LogP contribution in [0.5, 0.6) is 0 Å². The molecular weight excluding hydrogens is 308 g/mol. The standard InChI is InChI=1S/C10H11ClN4O2S2/c1-2-9-13-14-10(18-9)15-19(16,17)8-5-6(11)3-4-7(8)12/h3-5H,2,12H2,1H3,(H,14,15). The summed E-state index contributed by atoms with van der Waals surface area (Å²) >= 11 is 6.96. The summed E-state index contributed by atoms with van der Waals surface area (Å²) in [5.74, 6) is 0. The zero-order chi connectivity index (χ0) is 14.0. The summed E-state index contributed by atoms with van der Waals surface area (Å²) in [7, 11) is -3.81. The first kappa shape index (κ1) is 14.0. The van der Waals surface area contributed by atoms with Crippen molar-refractivity contribution >= 4 is 43.8 Å². The second kappa shape index (κ2) is 5.32. The van der Waals surface area contributed by atoms with Crippen molar-refractivity contribution in [1.29, 1.82) is 0 Å². The molecule has 0 bridgehead atoms. The summed E-state index contributed by atoms with van der Waals surface area (Å²) in [5.41, 5.74) is 5.77. The van der Waals surface area contributed by atoms with Gasteiger partial charge in [0.05, 0.1) is 5.69 Å². The molecule has 0 amide bonds. The highest BCUT2D eigenvalue weighted by Crippen LogP contribution is 2.26. The van der Waals surface area contributed by atoms with E-state index in [0.29, 0.717) is 11.4 Å². The van der Waals surface area contributed by atoms with Crippen molar-refractivity contribution in [2.75, 3.05) is 10.5 Å². The fraction of sp³-hybridized carbons (Fsp3) is 0.200. The van der Waals surface area contributed by atoms with E-state index in [1.807, 2.05) is 6.92 Å². The Labute approximate surface area is 119 Å². The van der Waals surface area contributed by atoms with E-state index in [1.165, 1.54) is 29.5 Å². The number of hydrogen-bond acceptors (Lipinski definition) is 6. The molecule has 0 atom stereocenters. The van der Waals surface area contributed by atoms with Crippen molar-refractivity contribution in [3.8, 4) is 0 Å². The van der Waals surface area contributed by atoms with Gasteiger partial charge in [0.1, 0.15) is 9.90 Å². The summed E-state index contributed by atoms with van der Waals surface area (Å²) in [5, 5.41) is 8.84. The SMILES string of the molecule is CCc1nnc(NS(=O)(=O)c2cc(Cl)ccc2N)s1. The number of anilines is 2. The number of aryl methyl sites for hydroxylation is 1. The number of nitrogen functional groups attached to an aromatic ring is 1. The van der Waals surface area contributed by atoms with E-state index >= 15 is 0 Å². The lowest BCUT2D eigenvalue weighted by Crippen LogP contribution is -2.14. The zero-order valence-corrected chi connectivity index (χ0v) is 12.3. The van der Waals surface area contributed by atoms with E-state index in [9.17, 15) is 8.42 Å². The Morgan fingerprint density at radius 3 is 2.79 bits per heavy atom. The molecular formula is C10H11ClN4O2S2. The molecule has 3 N–H and O–H groups in total. The van der Waals surface area contributed by atoms with Gasteiger partial charge in [-0.1, -0.05) is 29.9 Å². The molecule has 1 heterocycles. The van der Waals surface area contributed by atoms with Crippen LogP contribution in [-0.2, 0) is 16.4 Å². The van der Waals surface area contributed by atoms with Crippen LogP contribution < -0.4 is 10.5 Å². The largest absolute Gasteiger partial charge is 0.398 e. The Morgan fingerprint density at radius 1 is 1.42 bits per heavy atom. The van der Waals surface area contributed by atoms with Crippen molar-refractivity contribution in [2.45, 2.75) is 18.2 Å². The minimum absolute atomic E-state index is 0.0757. The third kappa shape index (κ3) is 3.14. The number of rotatable bonds is 4. The minimum Gasteiger partial charge on any atom is -0.398 e. The second-order valence-corrected chi connectivity index (χ2v) is 6.79. The fourth-order valence-corrected chi connectivity index (χ4v) is 3.65. The van der Waals surface area contributed by atoms with Gasteiger partial charge < -0.3 is 5.73 Å². The lowest BCUT2D eigenvalue weighted by molar-refractivity contribution is 0.601. The molecule has 0 spiro atoms. The van der Waals surface area contributed by atoms with Crippen LogP contribution in [0.15, 0.2) is 23.1 Å². The maximum absolute atomic E-state index is 12.2. The lowest BCUT2D eigenvalue weighted by Gasteiger charge is -2.07. The van der Waals surface area contributed by atoms with E-state index in [4.69, 9.17) is 17.3 Å². The van der Waals surface area contributed by atoms with Crippen LogP contribution in [0.4, 0.5) is 10.8 Å². The highest BCUT2D eigenvalue weighted by molar-refractivity contribution is 7.93. The van der Waals surface area contributed by atoms with Crippen molar-refractivity contribution in [1.82, 2.24) is 10.2 Å². The molecule has 1 aromatic heterocycles. The molecule has 102 valence electrons. The average molecular weight is 319 g/mol. The Hall–Kier alpha value is -1.38. The monoisotopic (exact) mass is 318 g/mol. The number of benzene rings is 1. The maximum atomic E-state index is 12.2. The van der Waals surface area contributed by atoms with Crippen LogP contribution in [-0.4, -0.2) is 18.6 Å². The topological polar surface area (TPSA) is 98.0 Å². The summed E-state index contributed by atoms with van der Waals surface area (Å²) in [6.45, 7) is 1.91. The molecule has 0 saturated heterocycles. The first-order valence-corrected chi connectivity index (χ1v) is 8.00. The Bertz CT molecular complexity index is 699. The van der Waals surface area contributed by atoms with Crippen molar-refractivity contribution in [3.05, 3.63) is 28.2 Å². The Morgan fingerprint density at radius 2 is 2.16 bits per heavy atom. The number of halogens is 1. The quantitative estimate of drug-likeness (QED) is 0.842. The highest BCUT2D eigenvalue weighted by atomic mass is 35.5. The van der Waals surface area contributed by atoms with E-state index in [-0.39, 0.29) is 15.7 Å². The molecule has 0 fully saturated rings. The molecule has 1 aromatic carbocycles. The maximum Gasteiger partial charge on any atom is 0.265 e. The summed E-state index contributed by atoms with van der Waals surface area (Å²) in [6, 6.07) is 4.26. The molecule has 0 unspecified atom stereocenters. The molecule has 2 rings (SSSR count). The molecule has 0 aliphatic carbocycles. The smallest absolute Gasteiger partial charge is 0.265 e. The second-order valence-electron chi connectivity index (χ2n) is 3.64. The van der Waals surface area contributed by atoms with Crippen molar-refractivity contribution in [2.24, 2.45) is 0 Å². The average Bonchev–Trinajstić information content (AvgIpc) is 2.79. The van der Waals surface area contributed by atoms with Gasteiger partial charge in [-0.15, -0.1) is 10.2 Å². The van der Waals surface area contributed by atoms with Gasteiger partial charge in [-0.3, -0.25) is 4.72 Å².